The quantitative estimate of drug-likeness (QED) is 0.736. The molecule has 0 spiro atoms. The van der Waals surface area contributed by atoms with Gasteiger partial charge in [-0.2, -0.15) is 0 Å². The van der Waals surface area contributed by atoms with E-state index < -0.39 is 0 Å². The standard InChI is InChI=1S/C11H17N3O/c15-11(8-10-2-4-13-9-10)14-6-1-3-12-5-7-14/h2,4,9,12-13H,1,3,5-8H2. The summed E-state index contributed by atoms with van der Waals surface area (Å²) >= 11 is 0. The van der Waals surface area contributed by atoms with Crippen LogP contribution < -0.4 is 5.32 Å². The highest BCUT2D eigenvalue weighted by Crippen LogP contribution is 2.03. The molecule has 2 N–H and O–H groups in total. The second-order valence-corrected chi connectivity index (χ2v) is 3.88. The molecule has 0 saturated carbocycles. The van der Waals surface area contributed by atoms with Crippen molar-refractivity contribution in [1.29, 1.82) is 0 Å². The Kier molecular flexibility index (Phi) is 3.40. The van der Waals surface area contributed by atoms with E-state index in [0.29, 0.717) is 6.42 Å². The second kappa shape index (κ2) is 4.98. The van der Waals surface area contributed by atoms with Crippen molar-refractivity contribution < 1.29 is 4.79 Å². The van der Waals surface area contributed by atoms with E-state index in [1.165, 1.54) is 0 Å². The van der Waals surface area contributed by atoms with Crippen molar-refractivity contribution in [2.45, 2.75) is 12.8 Å². The van der Waals surface area contributed by atoms with Gasteiger partial charge in [-0.05, 0) is 24.6 Å². The van der Waals surface area contributed by atoms with Crippen LogP contribution in [0.1, 0.15) is 12.0 Å². The molecule has 1 fully saturated rings. The van der Waals surface area contributed by atoms with Crippen molar-refractivity contribution in [2.24, 2.45) is 0 Å². The summed E-state index contributed by atoms with van der Waals surface area (Å²) in [5, 5.41) is 3.29. The van der Waals surface area contributed by atoms with Crippen molar-refractivity contribution in [2.75, 3.05) is 26.2 Å². The Balaban J connectivity index is 1.89. The van der Waals surface area contributed by atoms with Crippen LogP contribution in [0.25, 0.3) is 0 Å². The predicted octanol–water partition coefficient (Wildman–Crippen LogP) is 0.379. The van der Waals surface area contributed by atoms with Crippen molar-refractivity contribution in [3.8, 4) is 0 Å². The number of H-pyrrole nitrogens is 1. The monoisotopic (exact) mass is 207 g/mol. The summed E-state index contributed by atoms with van der Waals surface area (Å²) in [5.41, 5.74) is 1.07. The highest BCUT2D eigenvalue weighted by atomic mass is 16.2. The summed E-state index contributed by atoms with van der Waals surface area (Å²) in [5.74, 6) is 0.235. The molecule has 0 aliphatic carbocycles. The number of aromatic amines is 1. The Morgan fingerprint density at radius 2 is 2.33 bits per heavy atom. The highest BCUT2D eigenvalue weighted by molar-refractivity contribution is 5.78. The van der Waals surface area contributed by atoms with Crippen LogP contribution in [0.3, 0.4) is 0 Å². The lowest BCUT2D eigenvalue weighted by Crippen LogP contribution is -2.35. The molecule has 1 aliphatic rings. The number of nitrogens with one attached hydrogen (secondary N) is 2. The average molecular weight is 207 g/mol. The van der Waals surface area contributed by atoms with E-state index in [2.05, 4.69) is 10.3 Å². The minimum atomic E-state index is 0.235. The molecule has 0 unspecified atom stereocenters. The molecule has 4 heteroatoms. The van der Waals surface area contributed by atoms with Crippen molar-refractivity contribution in [3.05, 3.63) is 24.0 Å². The SMILES string of the molecule is O=C(Cc1cc[nH]c1)N1CCCNCC1. The summed E-state index contributed by atoms with van der Waals surface area (Å²) in [4.78, 5) is 16.8. The van der Waals surface area contributed by atoms with Crippen molar-refractivity contribution >= 4 is 5.91 Å². The minimum Gasteiger partial charge on any atom is -0.367 e. The van der Waals surface area contributed by atoms with E-state index in [4.69, 9.17) is 0 Å². The second-order valence-electron chi connectivity index (χ2n) is 3.88. The predicted molar refractivity (Wildman–Crippen MR) is 58.6 cm³/mol. The zero-order valence-corrected chi connectivity index (χ0v) is 8.83. The first-order valence-electron chi connectivity index (χ1n) is 5.46. The van der Waals surface area contributed by atoms with Crippen LogP contribution in [0.4, 0.5) is 0 Å². The molecular formula is C11H17N3O. The summed E-state index contributed by atoms with van der Waals surface area (Å²) in [6.45, 7) is 3.66. The number of carbonyl (C=O) groups is 1. The van der Waals surface area contributed by atoms with E-state index in [-0.39, 0.29) is 5.91 Å². The molecule has 0 atom stereocenters. The maximum absolute atomic E-state index is 11.9. The van der Waals surface area contributed by atoms with E-state index in [9.17, 15) is 4.79 Å². The number of nitrogens with zero attached hydrogens (tertiary/aromatic N) is 1. The Morgan fingerprint density at radius 3 is 3.13 bits per heavy atom. The molecule has 1 aliphatic heterocycles. The third-order valence-electron chi connectivity index (χ3n) is 2.71. The molecule has 1 aromatic heterocycles. The van der Waals surface area contributed by atoms with Crippen LogP contribution in [0, 0.1) is 0 Å². The van der Waals surface area contributed by atoms with Gasteiger partial charge in [-0.1, -0.05) is 0 Å². The van der Waals surface area contributed by atoms with Crippen LogP contribution in [0.15, 0.2) is 18.5 Å². The number of amides is 1. The van der Waals surface area contributed by atoms with E-state index in [1.807, 2.05) is 23.4 Å². The van der Waals surface area contributed by atoms with Crippen LogP contribution >= 0.6 is 0 Å². The molecule has 2 rings (SSSR count). The van der Waals surface area contributed by atoms with Crippen molar-refractivity contribution in [1.82, 2.24) is 15.2 Å². The molecular weight excluding hydrogens is 190 g/mol. The number of rotatable bonds is 2. The average Bonchev–Trinajstić information content (AvgIpc) is 2.58. The lowest BCUT2D eigenvalue weighted by Gasteiger charge is -2.19. The van der Waals surface area contributed by atoms with Gasteiger partial charge in [0, 0.05) is 32.0 Å². The molecule has 0 aromatic carbocycles. The maximum Gasteiger partial charge on any atom is 0.227 e. The van der Waals surface area contributed by atoms with Gasteiger partial charge in [-0.15, -0.1) is 0 Å². The van der Waals surface area contributed by atoms with E-state index >= 15 is 0 Å². The smallest absolute Gasteiger partial charge is 0.227 e. The van der Waals surface area contributed by atoms with Gasteiger partial charge < -0.3 is 15.2 Å². The van der Waals surface area contributed by atoms with Crippen molar-refractivity contribution in [3.63, 3.8) is 0 Å². The first-order chi connectivity index (χ1) is 7.36. The van der Waals surface area contributed by atoms with Gasteiger partial charge in [0.05, 0.1) is 6.42 Å². The maximum atomic E-state index is 11.9. The lowest BCUT2D eigenvalue weighted by atomic mass is 10.2. The third-order valence-corrected chi connectivity index (χ3v) is 2.71. The molecule has 1 saturated heterocycles. The van der Waals surface area contributed by atoms with Crippen LogP contribution in [0.2, 0.25) is 0 Å². The van der Waals surface area contributed by atoms with Crippen LogP contribution in [-0.2, 0) is 11.2 Å². The zero-order chi connectivity index (χ0) is 10.5. The van der Waals surface area contributed by atoms with Gasteiger partial charge in [-0.3, -0.25) is 4.79 Å². The molecule has 0 bridgehead atoms. The van der Waals surface area contributed by atoms with E-state index in [0.717, 1.165) is 38.2 Å². The molecule has 82 valence electrons. The van der Waals surface area contributed by atoms with E-state index in [1.54, 1.807) is 0 Å². The van der Waals surface area contributed by atoms with Crippen LogP contribution in [0.5, 0.6) is 0 Å². The van der Waals surface area contributed by atoms with Gasteiger partial charge in [0.15, 0.2) is 0 Å². The van der Waals surface area contributed by atoms with Gasteiger partial charge in [-0.25, -0.2) is 0 Å². The number of carbonyl (C=O) groups excluding carboxylic acids is 1. The Labute approximate surface area is 89.7 Å². The molecule has 1 amide bonds. The third kappa shape index (κ3) is 2.83. The minimum absolute atomic E-state index is 0.235. The zero-order valence-electron chi connectivity index (χ0n) is 8.83. The lowest BCUT2D eigenvalue weighted by molar-refractivity contribution is -0.130. The molecule has 15 heavy (non-hydrogen) atoms. The van der Waals surface area contributed by atoms with Crippen LogP contribution in [-0.4, -0.2) is 42.0 Å². The summed E-state index contributed by atoms with van der Waals surface area (Å²) in [6, 6.07) is 1.95. The normalized spacial score (nSPS) is 17.5. The number of aromatic nitrogens is 1. The fourth-order valence-corrected chi connectivity index (χ4v) is 1.85. The number of hydrogen-bond donors (Lipinski definition) is 2. The number of hydrogen-bond acceptors (Lipinski definition) is 2. The summed E-state index contributed by atoms with van der Waals surface area (Å²) in [6.07, 6.45) is 5.31. The highest BCUT2D eigenvalue weighted by Gasteiger charge is 2.15. The Morgan fingerprint density at radius 1 is 1.40 bits per heavy atom. The van der Waals surface area contributed by atoms with Gasteiger partial charge >= 0.3 is 0 Å². The fourth-order valence-electron chi connectivity index (χ4n) is 1.85. The fraction of sp³-hybridized carbons (Fsp3) is 0.545. The molecule has 4 nitrogen and oxygen atoms in total. The van der Waals surface area contributed by atoms with Gasteiger partial charge in [0.25, 0.3) is 0 Å². The molecule has 1 aromatic rings. The topological polar surface area (TPSA) is 48.1 Å². The Hall–Kier alpha value is -1.29. The molecule has 0 radical (unpaired) electrons. The summed E-state index contributed by atoms with van der Waals surface area (Å²) < 4.78 is 0. The van der Waals surface area contributed by atoms with Gasteiger partial charge in [0.2, 0.25) is 5.91 Å². The first kappa shape index (κ1) is 10.2. The summed E-state index contributed by atoms with van der Waals surface area (Å²) in [7, 11) is 0. The molecule has 2 heterocycles. The first-order valence-corrected chi connectivity index (χ1v) is 5.46. The Bertz CT molecular complexity index is 300. The largest absolute Gasteiger partial charge is 0.367 e. The van der Waals surface area contributed by atoms with Gasteiger partial charge in [0.1, 0.15) is 0 Å².